The molecular weight excluding hydrogens is 318 g/mol. The first-order valence-corrected chi connectivity index (χ1v) is 7.72. The number of ether oxygens (including phenoxy) is 1. The lowest BCUT2D eigenvalue weighted by molar-refractivity contribution is -0.151. The van der Waals surface area contributed by atoms with Crippen molar-refractivity contribution < 1.29 is 24.5 Å². The molecule has 0 spiro atoms. The first-order valence-electron chi connectivity index (χ1n) is 5.97. The van der Waals surface area contributed by atoms with Crippen LogP contribution in [0.15, 0.2) is 11.4 Å². The fourth-order valence-electron chi connectivity index (χ4n) is 2.25. The van der Waals surface area contributed by atoms with Crippen LogP contribution in [-0.4, -0.2) is 44.1 Å². The van der Waals surface area contributed by atoms with Gasteiger partial charge in [-0.15, -0.1) is 11.3 Å². The van der Waals surface area contributed by atoms with Crippen molar-refractivity contribution in [2.75, 3.05) is 6.61 Å². The summed E-state index contributed by atoms with van der Waals surface area (Å²) >= 11 is 2.59. The highest BCUT2D eigenvalue weighted by Crippen LogP contribution is 2.54. The van der Waals surface area contributed by atoms with Crippen LogP contribution in [0.3, 0.4) is 0 Å². The lowest BCUT2D eigenvalue weighted by atomic mass is 10.00. The van der Waals surface area contributed by atoms with Crippen LogP contribution in [0, 0.1) is 5.92 Å². The second-order valence-electron chi connectivity index (χ2n) is 4.34. The topological polar surface area (TPSA) is 126 Å². The standard InChI is InChI=1S/C11H11N3O5S2/c12-1-5-6(20-3-13-5)7-9(19-11(17)18)14-8(16)4(2-15)10(14)21-7/h3-4,10,15H,1-2,12H2,(H,17,18)/t4-,10+/m0/s1. The van der Waals surface area contributed by atoms with E-state index in [1.807, 2.05) is 0 Å². The Labute approximate surface area is 127 Å². The van der Waals surface area contributed by atoms with Gasteiger partial charge in [0, 0.05) is 6.54 Å². The van der Waals surface area contributed by atoms with Gasteiger partial charge in [0.25, 0.3) is 0 Å². The van der Waals surface area contributed by atoms with Crippen LogP contribution in [0.5, 0.6) is 0 Å². The molecule has 0 aromatic carbocycles. The molecular formula is C11H11N3O5S2. The van der Waals surface area contributed by atoms with Gasteiger partial charge in [0.15, 0.2) is 0 Å². The average Bonchev–Trinajstić information content (AvgIpc) is 3.00. The lowest BCUT2D eigenvalue weighted by Gasteiger charge is -2.40. The number of aliphatic hydroxyl groups is 1. The Bertz CT molecular complexity index is 644. The molecule has 21 heavy (non-hydrogen) atoms. The van der Waals surface area contributed by atoms with E-state index in [0.29, 0.717) is 15.5 Å². The van der Waals surface area contributed by atoms with Gasteiger partial charge in [0.2, 0.25) is 11.8 Å². The van der Waals surface area contributed by atoms with E-state index in [9.17, 15) is 14.7 Å². The van der Waals surface area contributed by atoms with Gasteiger partial charge in [-0.2, -0.15) is 0 Å². The Morgan fingerprint density at radius 2 is 2.33 bits per heavy atom. The van der Waals surface area contributed by atoms with Crippen molar-refractivity contribution in [1.82, 2.24) is 9.88 Å². The predicted molar refractivity (Wildman–Crippen MR) is 74.8 cm³/mol. The number of aliphatic hydroxyl groups excluding tert-OH is 1. The second-order valence-corrected chi connectivity index (χ2v) is 6.32. The number of carbonyl (C=O) groups is 2. The minimum atomic E-state index is -1.50. The normalized spacial score (nSPS) is 24.1. The zero-order valence-corrected chi connectivity index (χ0v) is 12.2. The number of rotatable bonds is 4. The van der Waals surface area contributed by atoms with Gasteiger partial charge < -0.3 is 20.7 Å². The first-order chi connectivity index (χ1) is 10.1. The Morgan fingerprint density at radius 1 is 1.57 bits per heavy atom. The van der Waals surface area contributed by atoms with E-state index in [-0.39, 0.29) is 30.3 Å². The third kappa shape index (κ3) is 2.11. The number of fused-ring (bicyclic) bond motifs is 1. The maximum Gasteiger partial charge on any atom is 0.512 e. The van der Waals surface area contributed by atoms with Crippen LogP contribution >= 0.6 is 23.1 Å². The van der Waals surface area contributed by atoms with E-state index < -0.39 is 12.1 Å². The largest absolute Gasteiger partial charge is 0.512 e. The van der Waals surface area contributed by atoms with E-state index in [0.717, 1.165) is 0 Å². The lowest BCUT2D eigenvalue weighted by Crippen LogP contribution is -2.58. The summed E-state index contributed by atoms with van der Waals surface area (Å²) in [4.78, 5) is 29.4. The van der Waals surface area contributed by atoms with E-state index in [4.69, 9.17) is 15.6 Å². The smallest absolute Gasteiger partial charge is 0.449 e. The molecule has 2 aliphatic heterocycles. The molecule has 2 aliphatic rings. The molecule has 0 aliphatic carbocycles. The van der Waals surface area contributed by atoms with Crippen molar-refractivity contribution in [1.29, 1.82) is 0 Å². The molecule has 2 atom stereocenters. The van der Waals surface area contributed by atoms with E-state index in [2.05, 4.69) is 4.98 Å². The molecule has 1 aromatic heterocycles. The summed E-state index contributed by atoms with van der Waals surface area (Å²) in [5.41, 5.74) is 7.83. The quantitative estimate of drug-likeness (QED) is 0.537. The average molecular weight is 329 g/mol. The Balaban J connectivity index is 2.02. The highest BCUT2D eigenvalue weighted by atomic mass is 32.2. The molecule has 3 rings (SSSR count). The van der Waals surface area contributed by atoms with Crippen molar-refractivity contribution in [2.24, 2.45) is 11.7 Å². The number of amides is 1. The van der Waals surface area contributed by atoms with Crippen LogP contribution in [0.1, 0.15) is 10.6 Å². The Hall–Kier alpha value is -1.62. The zero-order valence-electron chi connectivity index (χ0n) is 10.6. The minimum Gasteiger partial charge on any atom is -0.449 e. The molecule has 0 bridgehead atoms. The van der Waals surface area contributed by atoms with Crippen LogP contribution < -0.4 is 5.73 Å². The van der Waals surface area contributed by atoms with Gasteiger partial charge in [-0.1, -0.05) is 11.8 Å². The van der Waals surface area contributed by atoms with Gasteiger partial charge in [-0.05, 0) is 0 Å². The Kier molecular flexibility index (Phi) is 3.61. The Morgan fingerprint density at radius 3 is 2.95 bits per heavy atom. The summed E-state index contributed by atoms with van der Waals surface area (Å²) in [7, 11) is 0. The van der Waals surface area contributed by atoms with E-state index in [1.165, 1.54) is 28.0 Å². The zero-order chi connectivity index (χ0) is 15.1. The van der Waals surface area contributed by atoms with Gasteiger partial charge in [0.05, 0.1) is 33.5 Å². The summed E-state index contributed by atoms with van der Waals surface area (Å²) in [5.74, 6) is -0.916. The van der Waals surface area contributed by atoms with Gasteiger partial charge in [0.1, 0.15) is 5.37 Å². The molecule has 4 N–H and O–H groups in total. The SMILES string of the molecule is NCc1ncsc1C1=C(OC(=O)O)N2C(=O)[C@H](CO)[C@H]2S1. The van der Waals surface area contributed by atoms with Crippen molar-refractivity contribution in [2.45, 2.75) is 11.9 Å². The van der Waals surface area contributed by atoms with Crippen LogP contribution in [0.2, 0.25) is 0 Å². The summed E-state index contributed by atoms with van der Waals surface area (Å²) in [6, 6.07) is 0. The van der Waals surface area contributed by atoms with E-state index >= 15 is 0 Å². The summed E-state index contributed by atoms with van der Waals surface area (Å²) in [6.07, 6.45) is -1.50. The number of hydrogen-bond donors (Lipinski definition) is 3. The molecule has 0 radical (unpaired) electrons. The van der Waals surface area contributed by atoms with E-state index in [1.54, 1.807) is 5.51 Å². The van der Waals surface area contributed by atoms with Crippen LogP contribution in [-0.2, 0) is 16.1 Å². The van der Waals surface area contributed by atoms with Crippen molar-refractivity contribution in [3.63, 3.8) is 0 Å². The van der Waals surface area contributed by atoms with Gasteiger partial charge >= 0.3 is 6.16 Å². The van der Waals surface area contributed by atoms with Crippen molar-refractivity contribution in [3.05, 3.63) is 22.0 Å². The number of thiazole rings is 1. The fraction of sp³-hybridized carbons (Fsp3) is 0.364. The number of nitrogens with two attached hydrogens (primary N) is 1. The third-order valence-corrected chi connectivity index (χ3v) is 5.64. The molecule has 1 fully saturated rings. The van der Waals surface area contributed by atoms with Crippen LogP contribution in [0.4, 0.5) is 4.79 Å². The fourth-order valence-corrected chi connectivity index (χ4v) is 4.67. The van der Waals surface area contributed by atoms with Gasteiger partial charge in [-0.3, -0.25) is 9.69 Å². The number of hydrogen-bond acceptors (Lipinski definition) is 8. The van der Waals surface area contributed by atoms with Crippen molar-refractivity contribution >= 4 is 40.1 Å². The predicted octanol–water partition coefficient (Wildman–Crippen LogP) is 0.446. The monoisotopic (exact) mass is 329 g/mol. The minimum absolute atomic E-state index is 0.0221. The van der Waals surface area contributed by atoms with Crippen LogP contribution in [0.25, 0.3) is 4.91 Å². The first kappa shape index (κ1) is 14.3. The maximum absolute atomic E-state index is 11.9. The number of aromatic nitrogens is 1. The van der Waals surface area contributed by atoms with Crippen molar-refractivity contribution in [3.8, 4) is 0 Å². The number of carbonyl (C=O) groups excluding carboxylic acids is 1. The molecule has 1 aromatic rings. The maximum atomic E-state index is 11.9. The number of nitrogens with zero attached hydrogens (tertiary/aromatic N) is 2. The summed E-state index contributed by atoms with van der Waals surface area (Å²) < 4.78 is 4.78. The number of carboxylic acid groups (broad SMARTS) is 1. The highest BCUT2D eigenvalue weighted by Gasteiger charge is 2.56. The highest BCUT2D eigenvalue weighted by molar-refractivity contribution is 8.09. The number of thioether (sulfide) groups is 1. The molecule has 112 valence electrons. The molecule has 1 saturated heterocycles. The summed E-state index contributed by atoms with van der Waals surface area (Å²) in [6.45, 7) is -0.0850. The summed E-state index contributed by atoms with van der Waals surface area (Å²) in [5, 5.41) is 17.7. The molecule has 10 heteroatoms. The molecule has 0 unspecified atom stereocenters. The number of β-lactam (4-membered cyclic amide) rings is 1. The van der Waals surface area contributed by atoms with Gasteiger partial charge in [-0.25, -0.2) is 9.78 Å². The molecule has 3 heterocycles. The molecule has 8 nitrogen and oxygen atoms in total. The second kappa shape index (κ2) is 5.30. The molecule has 0 saturated carbocycles. The molecule has 1 amide bonds. The third-order valence-electron chi connectivity index (χ3n) is 3.23.